The molecule has 0 aliphatic rings. The van der Waals surface area contributed by atoms with E-state index >= 15 is 0 Å². The van der Waals surface area contributed by atoms with Gasteiger partial charge in [-0.05, 0) is 6.42 Å². The number of unbranched alkanes of at least 4 members (excludes halogenated alkanes) is 2. The van der Waals surface area contributed by atoms with E-state index in [1.165, 1.54) is 0 Å². The summed E-state index contributed by atoms with van der Waals surface area (Å²) in [6.45, 7) is 2.65. The second-order valence-electron chi connectivity index (χ2n) is 1.84. The van der Waals surface area contributed by atoms with E-state index in [-0.39, 0.29) is 29.6 Å². The zero-order valence-electron chi connectivity index (χ0n) is 6.55. The molecule has 1 atom stereocenters. The summed E-state index contributed by atoms with van der Waals surface area (Å²) in [5, 5.41) is 0. The summed E-state index contributed by atoms with van der Waals surface area (Å²) in [5.41, 5.74) is 0. The molecule has 0 aromatic rings. The molecule has 0 rings (SSSR count). The molecule has 0 aromatic carbocycles. The molecule has 0 amide bonds. The number of hydrogen-bond acceptors (Lipinski definition) is 2. The van der Waals surface area contributed by atoms with Crippen LogP contribution in [0.1, 0.15) is 26.2 Å². The summed E-state index contributed by atoms with van der Waals surface area (Å²) in [6, 6.07) is 0. The van der Waals surface area contributed by atoms with Gasteiger partial charge in [-0.2, -0.15) is 0 Å². The fourth-order valence-electron chi connectivity index (χ4n) is 0.531. The Labute approximate surface area is 86.7 Å². The van der Waals surface area contributed by atoms with Gasteiger partial charge < -0.3 is 4.55 Å². The minimum Gasteiger partial charge on any atom is -0.760 e. The van der Waals surface area contributed by atoms with Gasteiger partial charge in [0.15, 0.2) is 0 Å². The predicted molar refractivity (Wildman–Crippen MR) is 42.2 cm³/mol. The quantitative estimate of drug-likeness (QED) is 0.366. The van der Waals surface area contributed by atoms with Gasteiger partial charge in [0, 0.05) is 47.4 Å². The molecule has 0 aromatic heterocycles. The number of hydrogen-bond donors (Lipinski definition) is 1. The van der Waals surface area contributed by atoms with Gasteiger partial charge in [-0.15, -0.1) is 0 Å². The molecule has 1 unspecified atom stereocenters. The summed E-state index contributed by atoms with van der Waals surface area (Å²) in [7, 11) is 0. The van der Waals surface area contributed by atoms with Crippen molar-refractivity contribution in [3.8, 4) is 0 Å². The Hall–Kier alpha value is 1.07. The third-order valence-corrected chi connectivity index (χ3v) is 1.44. The topological polar surface area (TPSA) is 52.2 Å². The van der Waals surface area contributed by atoms with Gasteiger partial charge in [-0.1, -0.05) is 19.8 Å². The molecule has 0 saturated carbocycles. The molecule has 3 nitrogen and oxygen atoms in total. The Morgan fingerprint density at radius 3 is 2.50 bits per heavy atom. The average molecular weight is 173 g/mol. The van der Waals surface area contributed by atoms with E-state index in [4.69, 9.17) is 0 Å². The predicted octanol–water partition coefficient (Wildman–Crippen LogP) is 0.180. The maximum atomic E-state index is 9.85. The molecule has 0 aliphatic heterocycles. The second kappa shape index (κ2) is 10.1. The summed E-state index contributed by atoms with van der Waals surface area (Å²) in [4.78, 5) is 0. The molecule has 0 bridgehead atoms. The zero-order chi connectivity index (χ0) is 7.11. The molecular formula is C5H12NNaO2S-. The molecule has 0 heterocycles. The fraction of sp³-hybridized carbons (Fsp3) is 1.00. The third kappa shape index (κ3) is 11.8. The molecule has 1 N–H and O–H groups in total. The monoisotopic (exact) mass is 173 g/mol. The summed E-state index contributed by atoms with van der Waals surface area (Å²) < 4.78 is 22.0. The standard InChI is InChI=1S/C5H13NO2S.Na/c1-2-3-4-5-6-9(7)8;/h6H,2-5H2,1H3,(H,7,8);/p-1. The molecular weight excluding hydrogens is 161 g/mol. The van der Waals surface area contributed by atoms with Crippen LogP contribution in [0.25, 0.3) is 0 Å². The van der Waals surface area contributed by atoms with Crippen LogP contribution in [0.4, 0.5) is 0 Å². The smallest absolute Gasteiger partial charge is 0.0181 e. The van der Waals surface area contributed by atoms with E-state index in [1.54, 1.807) is 0 Å². The molecule has 0 fully saturated rings. The average Bonchev–Trinajstić information content (AvgIpc) is 1.80. The SMILES string of the molecule is CCCCCNS(=O)[O-].[Na]. The molecule has 5 heteroatoms. The van der Waals surface area contributed by atoms with Crippen molar-refractivity contribution in [1.29, 1.82) is 0 Å². The largest absolute Gasteiger partial charge is 0.760 e. The first kappa shape index (κ1) is 13.6. The van der Waals surface area contributed by atoms with Gasteiger partial charge in [0.25, 0.3) is 0 Å². The molecule has 10 heavy (non-hydrogen) atoms. The maximum Gasteiger partial charge on any atom is 0.0181 e. The van der Waals surface area contributed by atoms with Crippen LogP contribution in [0.15, 0.2) is 0 Å². The second-order valence-corrected chi connectivity index (χ2v) is 2.59. The Morgan fingerprint density at radius 1 is 1.50 bits per heavy atom. The molecule has 0 saturated heterocycles. The first-order valence-electron chi connectivity index (χ1n) is 3.10. The van der Waals surface area contributed by atoms with Gasteiger partial charge in [0.1, 0.15) is 0 Å². The van der Waals surface area contributed by atoms with Crippen molar-refractivity contribution < 1.29 is 8.76 Å². The van der Waals surface area contributed by atoms with Crippen molar-refractivity contribution in [2.75, 3.05) is 6.54 Å². The Balaban J connectivity index is 0. The normalized spacial score (nSPS) is 12.2. The van der Waals surface area contributed by atoms with Gasteiger partial charge in [-0.3, -0.25) is 4.21 Å². The molecule has 0 spiro atoms. The van der Waals surface area contributed by atoms with E-state index in [1.807, 2.05) is 0 Å². The van der Waals surface area contributed by atoms with Gasteiger partial charge in [0.05, 0.1) is 0 Å². The van der Waals surface area contributed by atoms with Gasteiger partial charge in [-0.25, -0.2) is 4.72 Å². The van der Waals surface area contributed by atoms with Crippen molar-refractivity contribution >= 4 is 40.8 Å². The zero-order valence-corrected chi connectivity index (χ0v) is 9.37. The fourth-order valence-corrected chi connectivity index (χ4v) is 0.842. The van der Waals surface area contributed by atoms with Crippen LogP contribution in [0, 0.1) is 0 Å². The van der Waals surface area contributed by atoms with E-state index < -0.39 is 11.3 Å². The van der Waals surface area contributed by atoms with Crippen molar-refractivity contribution in [2.45, 2.75) is 26.2 Å². The maximum absolute atomic E-state index is 9.85. The summed E-state index contributed by atoms with van der Waals surface area (Å²) in [5.74, 6) is 0. The van der Waals surface area contributed by atoms with Crippen LogP contribution >= 0.6 is 0 Å². The van der Waals surface area contributed by atoms with E-state index in [0.717, 1.165) is 19.3 Å². The Kier molecular flexibility index (Phi) is 13.7. The van der Waals surface area contributed by atoms with Crippen molar-refractivity contribution in [3.05, 3.63) is 0 Å². The van der Waals surface area contributed by atoms with Crippen LogP contribution in [-0.4, -0.2) is 44.9 Å². The summed E-state index contributed by atoms with van der Waals surface area (Å²) in [6.07, 6.45) is 3.14. The van der Waals surface area contributed by atoms with Crippen LogP contribution in [0.2, 0.25) is 0 Å². The molecule has 1 radical (unpaired) electrons. The van der Waals surface area contributed by atoms with Crippen molar-refractivity contribution in [2.24, 2.45) is 0 Å². The minimum absolute atomic E-state index is 0. The van der Waals surface area contributed by atoms with Gasteiger partial charge >= 0.3 is 0 Å². The Bertz CT molecular complexity index is 91.7. The summed E-state index contributed by atoms with van der Waals surface area (Å²) >= 11 is -2.07. The van der Waals surface area contributed by atoms with Gasteiger partial charge in [0.2, 0.25) is 0 Å². The van der Waals surface area contributed by atoms with Crippen molar-refractivity contribution in [1.82, 2.24) is 4.72 Å². The van der Waals surface area contributed by atoms with Crippen LogP contribution in [0.3, 0.4) is 0 Å². The third-order valence-electron chi connectivity index (χ3n) is 1.00. The number of nitrogens with one attached hydrogen (secondary N) is 1. The van der Waals surface area contributed by atoms with Crippen LogP contribution in [-0.2, 0) is 11.3 Å². The molecule has 0 aliphatic carbocycles. The van der Waals surface area contributed by atoms with Crippen LogP contribution < -0.4 is 4.72 Å². The van der Waals surface area contributed by atoms with E-state index in [9.17, 15) is 8.76 Å². The first-order valence-corrected chi connectivity index (χ1v) is 4.17. The van der Waals surface area contributed by atoms with E-state index in [0.29, 0.717) is 6.54 Å². The van der Waals surface area contributed by atoms with E-state index in [2.05, 4.69) is 11.6 Å². The van der Waals surface area contributed by atoms with Crippen molar-refractivity contribution in [3.63, 3.8) is 0 Å². The van der Waals surface area contributed by atoms with Crippen LogP contribution in [0.5, 0.6) is 0 Å². The minimum atomic E-state index is -2.07. The molecule has 57 valence electrons. The Morgan fingerprint density at radius 2 is 2.10 bits per heavy atom. The first-order chi connectivity index (χ1) is 4.27. The number of rotatable bonds is 5.